The zero-order chi connectivity index (χ0) is 15.5. The van der Waals surface area contributed by atoms with E-state index in [0.29, 0.717) is 12.1 Å². The molecular formula is C16H20N2O3. The van der Waals surface area contributed by atoms with Gasteiger partial charge in [0, 0.05) is 18.3 Å². The van der Waals surface area contributed by atoms with Crippen LogP contribution in [0.3, 0.4) is 0 Å². The SMILES string of the molecule is CC(C)(O)NCc1ccn(Cc2ccccc2)c(=O)c1O. The number of rotatable bonds is 5. The number of pyridine rings is 1. The largest absolute Gasteiger partial charge is 0.503 e. The van der Waals surface area contributed by atoms with E-state index in [-0.39, 0.29) is 12.3 Å². The third-order valence-electron chi connectivity index (χ3n) is 3.13. The molecule has 3 N–H and O–H groups in total. The first-order chi connectivity index (χ1) is 9.87. The lowest BCUT2D eigenvalue weighted by Gasteiger charge is -2.19. The molecule has 5 nitrogen and oxygen atoms in total. The van der Waals surface area contributed by atoms with Gasteiger partial charge >= 0.3 is 0 Å². The molecule has 0 radical (unpaired) electrons. The highest BCUT2D eigenvalue weighted by Gasteiger charge is 2.14. The standard InChI is InChI=1S/C16H20N2O3/c1-16(2,21)17-10-13-8-9-18(15(20)14(13)19)11-12-6-4-3-5-7-12/h3-9,17,19,21H,10-11H2,1-2H3. The quantitative estimate of drug-likeness (QED) is 0.727. The fourth-order valence-electron chi connectivity index (χ4n) is 1.96. The first-order valence-corrected chi connectivity index (χ1v) is 6.79. The maximum Gasteiger partial charge on any atom is 0.293 e. The lowest BCUT2D eigenvalue weighted by Crippen LogP contribution is -2.38. The van der Waals surface area contributed by atoms with Crippen LogP contribution >= 0.6 is 0 Å². The van der Waals surface area contributed by atoms with E-state index >= 15 is 0 Å². The van der Waals surface area contributed by atoms with Gasteiger partial charge in [-0.1, -0.05) is 30.3 Å². The Bertz CT molecular complexity index is 657. The fourth-order valence-corrected chi connectivity index (χ4v) is 1.96. The van der Waals surface area contributed by atoms with E-state index in [1.165, 1.54) is 4.57 Å². The molecule has 0 amide bonds. The van der Waals surface area contributed by atoms with Crippen molar-refractivity contribution in [2.24, 2.45) is 0 Å². The van der Waals surface area contributed by atoms with Crippen LogP contribution in [0.15, 0.2) is 47.4 Å². The number of aromatic nitrogens is 1. The number of nitrogens with zero attached hydrogens (tertiary/aromatic N) is 1. The summed E-state index contributed by atoms with van der Waals surface area (Å²) in [5.74, 6) is -0.287. The first-order valence-electron chi connectivity index (χ1n) is 6.79. The van der Waals surface area contributed by atoms with E-state index in [9.17, 15) is 15.0 Å². The minimum atomic E-state index is -1.06. The van der Waals surface area contributed by atoms with Gasteiger partial charge in [0.15, 0.2) is 5.75 Å². The molecule has 21 heavy (non-hydrogen) atoms. The molecule has 2 aromatic rings. The monoisotopic (exact) mass is 288 g/mol. The number of hydrogen-bond acceptors (Lipinski definition) is 4. The second-order valence-corrected chi connectivity index (χ2v) is 5.52. The van der Waals surface area contributed by atoms with Crippen molar-refractivity contribution in [3.05, 3.63) is 64.1 Å². The second kappa shape index (κ2) is 6.11. The van der Waals surface area contributed by atoms with Gasteiger partial charge in [-0.05, 0) is 25.5 Å². The van der Waals surface area contributed by atoms with Gasteiger partial charge in [-0.2, -0.15) is 0 Å². The Kier molecular flexibility index (Phi) is 4.45. The second-order valence-electron chi connectivity index (χ2n) is 5.52. The Morgan fingerprint density at radius 3 is 2.48 bits per heavy atom. The summed E-state index contributed by atoms with van der Waals surface area (Å²) >= 11 is 0. The van der Waals surface area contributed by atoms with Crippen molar-refractivity contribution in [2.75, 3.05) is 0 Å². The molecule has 1 heterocycles. The predicted molar refractivity (Wildman–Crippen MR) is 81.0 cm³/mol. The van der Waals surface area contributed by atoms with Gasteiger partial charge in [0.25, 0.3) is 5.56 Å². The average molecular weight is 288 g/mol. The molecule has 0 saturated carbocycles. The van der Waals surface area contributed by atoms with E-state index in [1.807, 2.05) is 30.3 Å². The Morgan fingerprint density at radius 2 is 1.86 bits per heavy atom. The summed E-state index contributed by atoms with van der Waals surface area (Å²) in [7, 11) is 0. The lowest BCUT2D eigenvalue weighted by atomic mass is 10.2. The molecule has 0 aliphatic rings. The molecule has 0 fully saturated rings. The van der Waals surface area contributed by atoms with Crippen LogP contribution in [0.25, 0.3) is 0 Å². The summed E-state index contributed by atoms with van der Waals surface area (Å²) in [5, 5.41) is 22.4. The van der Waals surface area contributed by atoms with Crippen molar-refractivity contribution in [3.8, 4) is 5.75 Å². The summed E-state index contributed by atoms with van der Waals surface area (Å²) < 4.78 is 1.46. The highest BCUT2D eigenvalue weighted by molar-refractivity contribution is 5.29. The van der Waals surface area contributed by atoms with Crippen molar-refractivity contribution in [2.45, 2.75) is 32.7 Å². The van der Waals surface area contributed by atoms with E-state index in [1.54, 1.807) is 26.1 Å². The van der Waals surface area contributed by atoms with Gasteiger partial charge in [-0.15, -0.1) is 0 Å². The first kappa shape index (κ1) is 15.3. The van der Waals surface area contributed by atoms with Gasteiger partial charge in [-0.3, -0.25) is 10.1 Å². The Morgan fingerprint density at radius 1 is 1.19 bits per heavy atom. The Balaban J connectivity index is 2.20. The number of hydrogen-bond donors (Lipinski definition) is 3. The van der Waals surface area contributed by atoms with Gasteiger partial charge < -0.3 is 14.8 Å². The molecule has 0 aliphatic carbocycles. The number of aliphatic hydroxyl groups is 1. The smallest absolute Gasteiger partial charge is 0.293 e. The van der Waals surface area contributed by atoms with E-state index in [2.05, 4.69) is 5.32 Å². The zero-order valence-corrected chi connectivity index (χ0v) is 12.2. The molecule has 2 rings (SSSR count). The number of aromatic hydroxyl groups is 1. The highest BCUT2D eigenvalue weighted by atomic mass is 16.3. The minimum absolute atomic E-state index is 0.219. The molecule has 1 aromatic heterocycles. The van der Waals surface area contributed by atoms with Crippen LogP contribution in [0.2, 0.25) is 0 Å². The van der Waals surface area contributed by atoms with E-state index in [4.69, 9.17) is 0 Å². The third kappa shape index (κ3) is 4.18. The molecule has 112 valence electrons. The van der Waals surface area contributed by atoms with Gasteiger partial charge in [0.05, 0.1) is 6.54 Å². The zero-order valence-electron chi connectivity index (χ0n) is 12.2. The number of benzene rings is 1. The fraction of sp³-hybridized carbons (Fsp3) is 0.312. The van der Waals surface area contributed by atoms with Crippen molar-refractivity contribution < 1.29 is 10.2 Å². The van der Waals surface area contributed by atoms with Crippen molar-refractivity contribution in [3.63, 3.8) is 0 Å². The van der Waals surface area contributed by atoms with Crippen molar-refractivity contribution in [1.82, 2.24) is 9.88 Å². The lowest BCUT2D eigenvalue weighted by molar-refractivity contribution is 0.0414. The molecule has 0 aliphatic heterocycles. The molecule has 0 saturated heterocycles. The molecule has 0 spiro atoms. The summed E-state index contributed by atoms with van der Waals surface area (Å²) in [5.41, 5.74) is -0.0487. The Hall–Kier alpha value is -2.11. The van der Waals surface area contributed by atoms with Crippen LogP contribution in [0.1, 0.15) is 25.0 Å². The number of nitrogens with one attached hydrogen (secondary N) is 1. The molecule has 1 aromatic carbocycles. The molecular weight excluding hydrogens is 268 g/mol. The van der Waals surface area contributed by atoms with Gasteiger partial charge in [0.2, 0.25) is 0 Å². The van der Waals surface area contributed by atoms with Crippen LogP contribution in [-0.4, -0.2) is 20.5 Å². The summed E-state index contributed by atoms with van der Waals surface area (Å²) in [6.45, 7) is 3.82. The van der Waals surface area contributed by atoms with E-state index in [0.717, 1.165) is 5.56 Å². The minimum Gasteiger partial charge on any atom is -0.503 e. The third-order valence-corrected chi connectivity index (χ3v) is 3.13. The highest BCUT2D eigenvalue weighted by Crippen LogP contribution is 2.12. The summed E-state index contributed by atoms with van der Waals surface area (Å²) in [6.07, 6.45) is 1.65. The summed E-state index contributed by atoms with van der Waals surface area (Å²) in [6, 6.07) is 11.2. The van der Waals surface area contributed by atoms with E-state index < -0.39 is 11.3 Å². The van der Waals surface area contributed by atoms with Crippen LogP contribution in [-0.2, 0) is 13.1 Å². The molecule has 5 heteroatoms. The van der Waals surface area contributed by atoms with Crippen LogP contribution in [0, 0.1) is 0 Å². The molecule has 0 bridgehead atoms. The van der Waals surface area contributed by atoms with Crippen molar-refractivity contribution >= 4 is 0 Å². The van der Waals surface area contributed by atoms with Crippen LogP contribution in [0.5, 0.6) is 5.75 Å². The van der Waals surface area contributed by atoms with Gasteiger partial charge in [-0.25, -0.2) is 0 Å². The normalized spacial score (nSPS) is 11.6. The maximum absolute atomic E-state index is 12.1. The Labute approximate surface area is 123 Å². The predicted octanol–water partition coefficient (Wildman–Crippen LogP) is 1.42. The summed E-state index contributed by atoms with van der Waals surface area (Å²) in [4.78, 5) is 12.1. The van der Waals surface area contributed by atoms with Crippen LogP contribution in [0.4, 0.5) is 0 Å². The van der Waals surface area contributed by atoms with Crippen molar-refractivity contribution in [1.29, 1.82) is 0 Å². The average Bonchev–Trinajstić information content (AvgIpc) is 2.43. The van der Waals surface area contributed by atoms with Crippen LogP contribution < -0.4 is 10.9 Å². The van der Waals surface area contributed by atoms with Gasteiger partial charge in [0.1, 0.15) is 5.72 Å². The maximum atomic E-state index is 12.1. The topological polar surface area (TPSA) is 74.5 Å². The molecule has 0 atom stereocenters. The molecule has 0 unspecified atom stereocenters.